The van der Waals surface area contributed by atoms with Crippen LogP contribution in [0, 0.1) is 0 Å². The summed E-state index contributed by atoms with van der Waals surface area (Å²) in [5, 5.41) is 0. The molecular weight excluding hydrogens is 322 g/mol. The molecule has 0 radical (unpaired) electrons. The third-order valence-electron chi connectivity index (χ3n) is 3.31. The van der Waals surface area contributed by atoms with Gasteiger partial charge in [0.25, 0.3) is 5.79 Å². The van der Waals surface area contributed by atoms with Gasteiger partial charge in [-0.15, -0.1) is 0 Å². The fraction of sp³-hybridized carbons (Fsp3) is 0.750. The molecule has 2 heterocycles. The highest BCUT2D eigenvalue weighted by Crippen LogP contribution is 2.45. The number of carbonyl (C=O) groups is 1. The van der Waals surface area contributed by atoms with Crippen LogP contribution in [0.5, 0.6) is 0 Å². The Morgan fingerprint density at radius 2 is 1.68 bits per heavy atom. The zero-order valence-corrected chi connectivity index (χ0v) is 11.3. The van der Waals surface area contributed by atoms with Gasteiger partial charge in [0.15, 0.2) is 5.78 Å². The monoisotopic (exact) mass is 334 g/mol. The van der Waals surface area contributed by atoms with Gasteiger partial charge in [-0.1, -0.05) is 6.08 Å². The molecule has 2 rings (SSSR count). The smallest absolute Gasteiger partial charge is 0.357 e. The molecule has 0 aromatic carbocycles. The topological polar surface area (TPSA) is 44.8 Å². The first kappa shape index (κ1) is 17.2. The molecule has 1 saturated heterocycles. The second kappa shape index (κ2) is 5.20. The first-order valence-electron chi connectivity index (χ1n) is 6.19. The number of ether oxygens (including phenoxy) is 3. The summed E-state index contributed by atoms with van der Waals surface area (Å²) in [6.07, 6.45) is -8.26. The quantitative estimate of drug-likeness (QED) is 0.450. The summed E-state index contributed by atoms with van der Waals surface area (Å²) in [6.45, 7) is -2.73. The second-order valence-electron chi connectivity index (χ2n) is 5.17. The largest absolute Gasteiger partial charge is 0.411 e. The molecule has 2 aliphatic rings. The molecule has 0 aromatic heterocycles. The fourth-order valence-corrected chi connectivity index (χ4v) is 2.43. The van der Waals surface area contributed by atoms with E-state index in [4.69, 9.17) is 4.74 Å². The van der Waals surface area contributed by atoms with Crippen molar-refractivity contribution in [3.63, 3.8) is 0 Å². The van der Waals surface area contributed by atoms with Gasteiger partial charge in [-0.05, 0) is 13.0 Å². The van der Waals surface area contributed by atoms with Crippen molar-refractivity contribution in [3.8, 4) is 0 Å². The van der Waals surface area contributed by atoms with Gasteiger partial charge in [-0.2, -0.15) is 26.3 Å². The SMILES string of the molecule is CC12C=CC(CC(=O)C1(OCC(F)(F)F)OCC(F)(F)F)O2. The van der Waals surface area contributed by atoms with Crippen molar-refractivity contribution in [2.24, 2.45) is 0 Å². The fourth-order valence-electron chi connectivity index (χ4n) is 2.43. The summed E-state index contributed by atoms with van der Waals surface area (Å²) in [5.41, 5.74) is -1.86. The number of rotatable bonds is 4. The Balaban J connectivity index is 2.31. The summed E-state index contributed by atoms with van der Waals surface area (Å²) in [5.74, 6) is -3.81. The molecule has 0 aliphatic carbocycles. The van der Waals surface area contributed by atoms with E-state index in [0.29, 0.717) is 0 Å². The highest BCUT2D eigenvalue weighted by atomic mass is 19.4. The third-order valence-corrected chi connectivity index (χ3v) is 3.31. The van der Waals surface area contributed by atoms with Gasteiger partial charge < -0.3 is 14.2 Å². The van der Waals surface area contributed by atoms with Crippen LogP contribution in [0.1, 0.15) is 13.3 Å². The van der Waals surface area contributed by atoms with Crippen molar-refractivity contribution < 1.29 is 45.3 Å². The highest BCUT2D eigenvalue weighted by molar-refractivity contribution is 5.90. The average Bonchev–Trinajstić information content (AvgIpc) is 2.65. The Morgan fingerprint density at radius 1 is 1.18 bits per heavy atom. The van der Waals surface area contributed by atoms with E-state index in [1.54, 1.807) is 0 Å². The summed E-state index contributed by atoms with van der Waals surface area (Å²) in [6, 6.07) is 0. The lowest BCUT2D eigenvalue weighted by Gasteiger charge is -2.46. The second-order valence-corrected chi connectivity index (χ2v) is 5.17. The molecule has 2 aliphatic heterocycles. The number of ketones is 1. The minimum absolute atomic E-state index is 0.429. The van der Waals surface area contributed by atoms with Gasteiger partial charge >= 0.3 is 12.4 Å². The number of carbonyl (C=O) groups excluding carboxylic acids is 1. The normalized spacial score (nSPS) is 30.9. The van der Waals surface area contributed by atoms with Crippen LogP contribution in [0.15, 0.2) is 12.2 Å². The van der Waals surface area contributed by atoms with E-state index in [2.05, 4.69) is 9.47 Å². The number of Topliss-reactive ketones (excluding diaryl/α,β-unsaturated/α-hetero) is 1. The van der Waals surface area contributed by atoms with E-state index in [1.165, 1.54) is 12.2 Å². The van der Waals surface area contributed by atoms with Crippen molar-refractivity contribution in [2.45, 2.75) is 43.2 Å². The van der Waals surface area contributed by atoms with Crippen molar-refractivity contribution in [3.05, 3.63) is 12.2 Å². The molecule has 126 valence electrons. The van der Waals surface area contributed by atoms with Gasteiger partial charge in [0.05, 0.1) is 6.10 Å². The molecule has 10 heteroatoms. The summed E-state index contributed by atoms with van der Waals surface area (Å²) < 4.78 is 88.5. The van der Waals surface area contributed by atoms with Crippen molar-refractivity contribution >= 4 is 5.78 Å². The average molecular weight is 334 g/mol. The maximum atomic E-state index is 12.4. The Hall–Kier alpha value is -1.13. The molecule has 2 atom stereocenters. The number of alkyl halides is 6. The van der Waals surface area contributed by atoms with E-state index in [0.717, 1.165) is 6.92 Å². The Labute approximate surface area is 121 Å². The zero-order chi connectivity index (χ0) is 16.8. The summed E-state index contributed by atoms with van der Waals surface area (Å²) >= 11 is 0. The predicted octanol–water partition coefficient (Wildman–Crippen LogP) is 2.53. The number of hydrogen-bond donors (Lipinski definition) is 0. The Bertz CT molecular complexity index is 465. The van der Waals surface area contributed by atoms with Gasteiger partial charge in [-0.25, -0.2) is 0 Å². The lowest BCUT2D eigenvalue weighted by atomic mass is 9.88. The summed E-state index contributed by atoms with van der Waals surface area (Å²) in [7, 11) is 0. The van der Waals surface area contributed by atoms with Crippen LogP contribution in [0.25, 0.3) is 0 Å². The minimum atomic E-state index is -4.84. The predicted molar refractivity (Wildman–Crippen MR) is 58.8 cm³/mol. The van der Waals surface area contributed by atoms with Gasteiger partial charge in [0.2, 0.25) is 0 Å². The van der Waals surface area contributed by atoms with Crippen molar-refractivity contribution in [1.82, 2.24) is 0 Å². The zero-order valence-electron chi connectivity index (χ0n) is 11.3. The molecule has 1 fully saturated rings. The van der Waals surface area contributed by atoms with Crippen LogP contribution in [0.2, 0.25) is 0 Å². The van der Waals surface area contributed by atoms with Gasteiger partial charge in [0, 0.05) is 6.42 Å². The van der Waals surface area contributed by atoms with Crippen molar-refractivity contribution in [1.29, 1.82) is 0 Å². The molecule has 0 aromatic rings. The maximum absolute atomic E-state index is 12.4. The van der Waals surface area contributed by atoms with E-state index < -0.39 is 55.3 Å². The Kier molecular flexibility index (Phi) is 4.08. The molecule has 0 spiro atoms. The molecule has 0 N–H and O–H groups in total. The molecule has 2 unspecified atom stereocenters. The first-order valence-corrected chi connectivity index (χ1v) is 6.19. The van der Waals surface area contributed by atoms with E-state index in [1.807, 2.05) is 0 Å². The van der Waals surface area contributed by atoms with Crippen LogP contribution in [0.4, 0.5) is 26.3 Å². The molecule has 2 bridgehead atoms. The molecular formula is C12H12F6O4. The first-order chi connectivity index (χ1) is 9.87. The highest BCUT2D eigenvalue weighted by Gasteiger charge is 2.64. The lowest BCUT2D eigenvalue weighted by molar-refractivity contribution is -0.346. The lowest BCUT2D eigenvalue weighted by Crippen LogP contribution is -2.65. The maximum Gasteiger partial charge on any atom is 0.411 e. The molecule has 0 saturated carbocycles. The van der Waals surface area contributed by atoms with E-state index in [-0.39, 0.29) is 0 Å². The van der Waals surface area contributed by atoms with Crippen LogP contribution in [-0.4, -0.2) is 48.8 Å². The standard InChI is InChI=1S/C12H12F6O4/c1-9-3-2-7(22-9)4-8(19)12(9,20-5-10(13,14)15)21-6-11(16,17)18/h2-3,7H,4-6H2,1H3. The molecule has 22 heavy (non-hydrogen) atoms. The van der Waals surface area contributed by atoms with E-state index in [9.17, 15) is 31.1 Å². The minimum Gasteiger partial charge on any atom is -0.357 e. The van der Waals surface area contributed by atoms with Gasteiger partial charge in [0.1, 0.15) is 18.8 Å². The van der Waals surface area contributed by atoms with E-state index >= 15 is 0 Å². The van der Waals surface area contributed by atoms with Gasteiger partial charge in [-0.3, -0.25) is 4.79 Å². The third kappa shape index (κ3) is 3.28. The molecule has 4 nitrogen and oxygen atoms in total. The number of hydrogen-bond acceptors (Lipinski definition) is 4. The van der Waals surface area contributed by atoms with Crippen LogP contribution < -0.4 is 0 Å². The molecule has 0 amide bonds. The Morgan fingerprint density at radius 3 is 2.14 bits per heavy atom. The van der Waals surface area contributed by atoms with Crippen LogP contribution in [-0.2, 0) is 19.0 Å². The van der Waals surface area contributed by atoms with Crippen LogP contribution >= 0.6 is 0 Å². The van der Waals surface area contributed by atoms with Crippen LogP contribution in [0.3, 0.4) is 0 Å². The van der Waals surface area contributed by atoms with Crippen molar-refractivity contribution in [2.75, 3.05) is 13.2 Å². The number of fused-ring (bicyclic) bond motifs is 2. The number of halogens is 6. The summed E-state index contributed by atoms with van der Waals surface area (Å²) in [4.78, 5) is 12.1.